The molecule has 0 saturated carbocycles. The number of carbonyl (C=O) groups is 4. The van der Waals surface area contributed by atoms with Gasteiger partial charge in [0.1, 0.15) is 19.5 Å². The third-order valence-electron chi connectivity index (χ3n) is 21.9. The number of nitrogens with zero attached hydrogens (tertiary/aromatic N) is 4. The van der Waals surface area contributed by atoms with E-state index in [0.717, 1.165) is 113 Å². The number of anilines is 4. The van der Waals surface area contributed by atoms with E-state index in [1.54, 1.807) is 100 Å². The zero-order valence-corrected chi connectivity index (χ0v) is 91.4. The number of hydrogen-bond donors (Lipinski definition) is 4. The van der Waals surface area contributed by atoms with E-state index in [1.165, 1.54) is 6.07 Å². The molecule has 0 radical (unpaired) electrons. The van der Waals surface area contributed by atoms with E-state index >= 15 is 0 Å². The Hall–Kier alpha value is -7.53. The van der Waals surface area contributed by atoms with Crippen LogP contribution in [0.15, 0.2) is 109 Å². The predicted octanol–water partition coefficient (Wildman–Crippen LogP) is 25.4. The number of aromatic carboxylic acids is 4. The average molecular weight is 2100 g/mol. The van der Waals surface area contributed by atoms with Crippen LogP contribution < -0.4 is 39.9 Å². The number of aryl methyl sites for hydroxylation is 3. The first-order chi connectivity index (χ1) is 64.9. The van der Waals surface area contributed by atoms with Crippen LogP contribution in [0.1, 0.15) is 237 Å². The van der Waals surface area contributed by atoms with E-state index in [4.69, 9.17) is 71.8 Å². The van der Waals surface area contributed by atoms with Crippen LogP contribution in [0.2, 0.25) is 15.1 Å². The van der Waals surface area contributed by atoms with Crippen LogP contribution in [0.4, 0.5) is 22.7 Å². The summed E-state index contributed by atoms with van der Waals surface area (Å²) in [7, 11) is -14.8. The van der Waals surface area contributed by atoms with Crippen molar-refractivity contribution in [1.29, 1.82) is 0 Å². The molecule has 4 N–H and O–H groups in total. The molecule has 0 spiro atoms. The van der Waals surface area contributed by atoms with Gasteiger partial charge in [0, 0.05) is 111 Å². The Labute approximate surface area is 846 Å². The molecule has 4 aliphatic rings. The third kappa shape index (κ3) is 32.2. The summed E-state index contributed by atoms with van der Waals surface area (Å²) in [5.74, 6) is 21.5. The molecule has 35 heteroatoms. The monoisotopic (exact) mass is 2100 g/mol. The second-order valence-electron chi connectivity index (χ2n) is 38.0. The van der Waals surface area contributed by atoms with Gasteiger partial charge < -0.3 is 57.5 Å². The van der Waals surface area contributed by atoms with Crippen LogP contribution in [0.5, 0.6) is 0 Å². The highest BCUT2D eigenvalue weighted by molar-refractivity contribution is 7.70. The van der Waals surface area contributed by atoms with Gasteiger partial charge in [-0.25, -0.2) is 19.2 Å². The molecule has 8 aromatic rings. The van der Waals surface area contributed by atoms with Gasteiger partial charge in [0.15, 0.2) is 0 Å². The second kappa shape index (κ2) is 51.1. The zero-order chi connectivity index (χ0) is 101. The van der Waals surface area contributed by atoms with E-state index in [1.807, 2.05) is 153 Å². The smallest absolute Gasteiger partial charge is 0.348 e. The minimum absolute atomic E-state index is 0.0558. The van der Waals surface area contributed by atoms with Gasteiger partial charge in [-0.1, -0.05) is 118 Å². The highest BCUT2D eigenvalue weighted by Gasteiger charge is 2.46. The molecule has 4 atom stereocenters. The summed E-state index contributed by atoms with van der Waals surface area (Å²) in [6.07, 6.45) is 6.40. The number of benzene rings is 4. The lowest BCUT2D eigenvalue weighted by Crippen LogP contribution is -2.35. The molecule has 138 heavy (non-hydrogen) atoms. The number of halogens is 3. The minimum Gasteiger partial charge on any atom is -0.477 e. The van der Waals surface area contributed by atoms with Crippen molar-refractivity contribution in [2.75, 3.05) is 124 Å². The summed E-state index contributed by atoms with van der Waals surface area (Å²) in [5.41, 5.74) is 3.51. The first-order valence-electron chi connectivity index (χ1n) is 46.3. The molecule has 0 amide bonds. The van der Waals surface area contributed by atoms with Gasteiger partial charge >= 0.3 is 54.0 Å². The van der Waals surface area contributed by atoms with E-state index in [2.05, 4.69) is 47.4 Å². The summed E-state index contributed by atoms with van der Waals surface area (Å²) in [6, 6.07) is 31.6. The van der Waals surface area contributed by atoms with Crippen LogP contribution >= 0.6 is 110 Å². The summed E-state index contributed by atoms with van der Waals surface area (Å²) >= 11 is 23.1. The van der Waals surface area contributed by atoms with E-state index in [0.29, 0.717) is 147 Å². The van der Waals surface area contributed by atoms with Crippen molar-refractivity contribution in [3.05, 3.63) is 180 Å². The molecule has 0 aliphatic carbocycles. The molecule has 4 aliphatic heterocycles. The number of ether oxygens (including phenoxy) is 4. The Balaban J connectivity index is 0.000000206. The fourth-order valence-corrected chi connectivity index (χ4v) is 29.4. The van der Waals surface area contributed by atoms with Crippen molar-refractivity contribution in [2.45, 2.75) is 183 Å². The number of carboxylic acids is 4. The SMILES string of the molecule is CCOP(=O)(c1ccc(C)cc1)N(CC1CCOCC1)c1cc(C#CC(C)(C)C)sc1C(=O)O.CCOP(=O)(c1ccc(C)cc1C)N(CC1CCOCC1)c1cc(C#CC(C)(C)C)sc1C(=O)O.CCOP(=O)(c1ccc(Cl)cc1)N(CC1CCOCC1)c1cc(C#CC(C)(C)C)sc1C(=O)O.CCOP(=O)(c1ccc(Cl)cc1Cl)N(CC1CCOCC1)c1cc(C#CC(C)(C)C)sc1C(=O)O. The third-order valence-corrected chi connectivity index (χ3v) is 37.5. The van der Waals surface area contributed by atoms with E-state index < -0.39 is 54.0 Å². The van der Waals surface area contributed by atoms with Gasteiger partial charge in [-0.15, -0.1) is 45.3 Å². The van der Waals surface area contributed by atoms with Gasteiger partial charge in [-0.3, -0.25) is 36.9 Å². The van der Waals surface area contributed by atoms with Gasteiger partial charge in [-0.05, 0) is 297 Å². The van der Waals surface area contributed by atoms with Crippen molar-refractivity contribution in [3.63, 3.8) is 0 Å². The van der Waals surface area contributed by atoms with Gasteiger partial charge in [0.05, 0.1) is 94.9 Å². The van der Waals surface area contributed by atoms with Crippen molar-refractivity contribution in [2.24, 2.45) is 45.3 Å². The van der Waals surface area contributed by atoms with Crippen LogP contribution in [-0.2, 0) is 55.3 Å². The summed E-state index contributed by atoms with van der Waals surface area (Å²) in [5, 5.41) is 43.3. The molecule has 4 aromatic heterocycles. The number of thiophene rings is 4. The van der Waals surface area contributed by atoms with Gasteiger partial charge in [-0.2, -0.15) is 0 Å². The average Bonchev–Trinajstić information content (AvgIpc) is 1.53. The topological polar surface area (TPSA) is 304 Å². The number of rotatable bonds is 32. The molecular weight excluding hydrogens is 1970 g/mol. The molecule has 8 heterocycles. The van der Waals surface area contributed by atoms with Crippen molar-refractivity contribution in [1.82, 2.24) is 0 Å². The summed E-state index contributed by atoms with van der Waals surface area (Å²) < 4.78 is 112. The quantitative estimate of drug-likeness (QED) is 0.0225. The van der Waals surface area contributed by atoms with E-state index in [9.17, 15) is 57.9 Å². The van der Waals surface area contributed by atoms with E-state index in [-0.39, 0.29) is 102 Å². The van der Waals surface area contributed by atoms with Crippen LogP contribution in [0, 0.1) is 113 Å². The Bertz CT molecular complexity index is 5630. The maximum atomic E-state index is 14.9. The first kappa shape index (κ1) is 114. The molecule has 4 aromatic carbocycles. The number of carboxylic acid groups (broad SMARTS) is 4. The Kier molecular flexibility index (Phi) is 42.2. The lowest BCUT2D eigenvalue weighted by Gasteiger charge is -2.37. The Morgan fingerprint density at radius 2 is 0.601 bits per heavy atom. The zero-order valence-electron chi connectivity index (χ0n) is 82.3. The standard InChI is InChI=1S/C27H36NO5PS.C26H34NO5PS.C25H30Cl2NO5PS.C25H31ClNO5PS/c1-7-33-34(31,24-9-8-19(2)16-20(24)3)28(18-21-11-14-32-15-12-21)23-17-22(10-13-27(4,5)6)35-25(23)26(29)30;1-6-32-33(30,21-9-7-19(2)8-10-21)27(18-20-12-15-31-16-13-20)23-17-22(11-14-26(3,4)5)34-24(23)25(28)29;1-5-33-34(31,22-7-6-18(26)14-20(22)27)28(16-17-9-12-32-13-10-17)21-15-19(8-11-25(2,3)4)35-23(21)24(29)30;1-5-32-33(30,20-8-6-19(26)7-9-20)27(17-18-11-14-31-15-12-18)22-16-21(10-13-25(2,3)4)34-23(22)24(28)29/h8-9,16-17,21H,7,11-12,14-15,18H2,1-6H3,(H,29,30);7-10,17,20H,6,12-13,15-16,18H2,1-5H3,(H,28,29);6-7,14-15,17H,5,9-10,12-13,16H2,1-4H3,(H,29,30);6-9,16,18H,5,11-12,14-15,17H2,1-4H3,(H,28,29). The van der Waals surface area contributed by atoms with Crippen LogP contribution in [-0.4, -0.2) is 150 Å². The number of hydrogen-bond acceptors (Lipinski definition) is 20. The highest BCUT2D eigenvalue weighted by atomic mass is 35.5. The first-order valence-corrected chi connectivity index (χ1v) is 57.1. The molecule has 4 fully saturated rings. The maximum Gasteiger partial charge on any atom is 0.348 e. The molecule has 4 unspecified atom stereocenters. The maximum absolute atomic E-state index is 14.9. The molecule has 0 bridgehead atoms. The summed E-state index contributed by atoms with van der Waals surface area (Å²) in [4.78, 5) is 52.1. The minimum atomic E-state index is -3.84. The summed E-state index contributed by atoms with van der Waals surface area (Å²) in [6.45, 7) is 44.3. The normalized spacial score (nSPS) is 16.3. The lowest BCUT2D eigenvalue weighted by molar-refractivity contribution is 0.0682. The highest BCUT2D eigenvalue weighted by Crippen LogP contribution is 2.60. The Morgan fingerprint density at radius 1 is 0.355 bits per heavy atom. The lowest BCUT2D eigenvalue weighted by atomic mass is 9.98. The van der Waals surface area contributed by atoms with Crippen molar-refractivity contribution >= 4 is 178 Å². The molecule has 4 saturated heterocycles. The predicted molar refractivity (Wildman–Crippen MR) is 564 cm³/mol. The second-order valence-corrected chi connectivity index (χ2v) is 52.6. The van der Waals surface area contributed by atoms with Crippen LogP contribution in [0.3, 0.4) is 0 Å². The molecule has 12 rings (SSSR count). The fourth-order valence-electron chi connectivity index (χ4n) is 15.2. The molecule has 24 nitrogen and oxygen atoms in total. The van der Waals surface area contributed by atoms with Gasteiger partial charge in [0.25, 0.3) is 0 Å². The van der Waals surface area contributed by atoms with Crippen molar-refractivity contribution in [3.8, 4) is 47.4 Å². The van der Waals surface area contributed by atoms with Crippen molar-refractivity contribution < 1.29 is 94.9 Å². The fraction of sp³-hybridized carbons (Fsp3) is 0.495. The van der Waals surface area contributed by atoms with Crippen LogP contribution in [0.25, 0.3) is 0 Å². The molecular formula is C103H131Cl3N4O20P4S4. The van der Waals surface area contributed by atoms with Gasteiger partial charge in [0.2, 0.25) is 0 Å². The Morgan fingerprint density at radius 3 is 0.862 bits per heavy atom. The largest absolute Gasteiger partial charge is 0.477 e. The molecule has 748 valence electrons.